The Morgan fingerprint density at radius 2 is 2.27 bits per heavy atom. The van der Waals surface area contributed by atoms with Crippen molar-refractivity contribution in [3.8, 4) is 0 Å². The maximum absolute atomic E-state index is 7.30. The lowest BCUT2D eigenvalue weighted by Crippen LogP contribution is -2.21. The van der Waals surface area contributed by atoms with Gasteiger partial charge in [0.1, 0.15) is 5.84 Å². The molecular formula is C10H12N4S. The smallest absolute Gasteiger partial charge is 0.167 e. The molecule has 0 spiro atoms. The third-order valence-corrected chi connectivity index (χ3v) is 3.12. The van der Waals surface area contributed by atoms with Gasteiger partial charge in [0.25, 0.3) is 0 Å². The van der Waals surface area contributed by atoms with Gasteiger partial charge in [0.05, 0.1) is 16.3 Å². The number of hydrogen-bond donors (Lipinski definition) is 3. The third-order valence-electron chi connectivity index (χ3n) is 2.09. The number of H-pyrrole nitrogens is 1. The van der Waals surface area contributed by atoms with E-state index in [2.05, 4.69) is 9.97 Å². The lowest BCUT2D eigenvalue weighted by Gasteiger charge is -2.05. The molecule has 0 fully saturated rings. The Bertz CT molecular complexity index is 458. The molecule has 2 aromatic rings. The molecule has 0 radical (unpaired) electrons. The summed E-state index contributed by atoms with van der Waals surface area (Å²) in [6.07, 6.45) is 0. The van der Waals surface area contributed by atoms with Gasteiger partial charge in [0, 0.05) is 0 Å². The molecule has 0 aliphatic heterocycles. The summed E-state index contributed by atoms with van der Waals surface area (Å²) >= 11 is 1.46. The molecule has 78 valence electrons. The van der Waals surface area contributed by atoms with Crippen molar-refractivity contribution in [2.45, 2.75) is 17.3 Å². The van der Waals surface area contributed by atoms with Crippen LogP contribution in [0.25, 0.3) is 11.0 Å². The molecule has 0 saturated heterocycles. The highest BCUT2D eigenvalue weighted by atomic mass is 32.2. The fourth-order valence-electron chi connectivity index (χ4n) is 1.22. The SMILES string of the molecule is CC(Sc1nc2ccccc2[nH]1)C(=N)N. The molecule has 0 aliphatic rings. The number of nitrogens with zero attached hydrogens (tertiary/aromatic N) is 1. The number of nitrogens with one attached hydrogen (secondary N) is 2. The van der Waals surface area contributed by atoms with Crippen molar-refractivity contribution in [1.82, 2.24) is 9.97 Å². The average molecular weight is 220 g/mol. The van der Waals surface area contributed by atoms with Crippen LogP contribution in [0.1, 0.15) is 6.92 Å². The number of thioether (sulfide) groups is 1. The standard InChI is InChI=1S/C10H12N4S/c1-6(9(11)12)15-10-13-7-4-2-3-5-8(7)14-10/h2-6H,1H3,(H3,11,12)(H,13,14). The second kappa shape index (κ2) is 3.94. The van der Waals surface area contributed by atoms with Crippen molar-refractivity contribution in [2.24, 2.45) is 5.73 Å². The Balaban J connectivity index is 2.26. The van der Waals surface area contributed by atoms with Gasteiger partial charge in [0.15, 0.2) is 5.16 Å². The molecule has 1 aromatic carbocycles. The van der Waals surface area contributed by atoms with Crippen molar-refractivity contribution in [1.29, 1.82) is 5.41 Å². The van der Waals surface area contributed by atoms with Gasteiger partial charge in [-0.25, -0.2) is 4.98 Å². The second-order valence-corrected chi connectivity index (χ2v) is 4.60. The normalized spacial score (nSPS) is 12.9. The van der Waals surface area contributed by atoms with E-state index < -0.39 is 0 Å². The number of para-hydroxylation sites is 2. The summed E-state index contributed by atoms with van der Waals surface area (Å²) in [5.74, 6) is 0.167. The lowest BCUT2D eigenvalue weighted by atomic mass is 10.3. The molecule has 15 heavy (non-hydrogen) atoms. The fourth-order valence-corrected chi connectivity index (χ4v) is 2.00. The van der Waals surface area contributed by atoms with Crippen LogP contribution in [-0.4, -0.2) is 21.1 Å². The number of amidine groups is 1. The number of nitrogens with two attached hydrogens (primary N) is 1. The van der Waals surface area contributed by atoms with E-state index in [-0.39, 0.29) is 11.1 Å². The van der Waals surface area contributed by atoms with Gasteiger partial charge >= 0.3 is 0 Å². The highest BCUT2D eigenvalue weighted by Gasteiger charge is 2.10. The van der Waals surface area contributed by atoms with Gasteiger partial charge in [-0.3, -0.25) is 5.41 Å². The van der Waals surface area contributed by atoms with Crippen molar-refractivity contribution in [2.75, 3.05) is 0 Å². The number of aromatic amines is 1. The number of rotatable bonds is 3. The summed E-state index contributed by atoms with van der Waals surface area (Å²) in [6, 6.07) is 7.84. The number of hydrogen-bond acceptors (Lipinski definition) is 3. The molecule has 0 bridgehead atoms. The van der Waals surface area contributed by atoms with Crippen molar-refractivity contribution >= 4 is 28.6 Å². The van der Waals surface area contributed by atoms with Crippen LogP contribution in [0.3, 0.4) is 0 Å². The molecule has 2 rings (SSSR count). The maximum Gasteiger partial charge on any atom is 0.167 e. The van der Waals surface area contributed by atoms with Crippen LogP contribution >= 0.6 is 11.8 Å². The summed E-state index contributed by atoms with van der Waals surface area (Å²) in [4.78, 5) is 7.57. The number of fused-ring (bicyclic) bond motifs is 1. The molecule has 0 saturated carbocycles. The van der Waals surface area contributed by atoms with E-state index in [0.717, 1.165) is 16.2 Å². The minimum Gasteiger partial charge on any atom is -0.387 e. The van der Waals surface area contributed by atoms with E-state index in [1.807, 2.05) is 31.2 Å². The summed E-state index contributed by atoms with van der Waals surface area (Å²) in [7, 11) is 0. The molecule has 1 unspecified atom stereocenters. The largest absolute Gasteiger partial charge is 0.387 e. The Kier molecular flexibility index (Phi) is 2.64. The summed E-state index contributed by atoms with van der Waals surface area (Å²) in [5.41, 5.74) is 7.35. The lowest BCUT2D eigenvalue weighted by molar-refractivity contribution is 1.07. The minimum atomic E-state index is -0.0504. The van der Waals surface area contributed by atoms with Crippen molar-refractivity contribution < 1.29 is 0 Å². The van der Waals surface area contributed by atoms with Gasteiger partial charge in [-0.1, -0.05) is 23.9 Å². The van der Waals surface area contributed by atoms with Crippen molar-refractivity contribution in [3.63, 3.8) is 0 Å². The first kappa shape index (κ1) is 10.0. The first-order valence-corrected chi connectivity index (χ1v) is 5.50. The zero-order valence-electron chi connectivity index (χ0n) is 8.32. The van der Waals surface area contributed by atoms with Gasteiger partial charge in [-0.2, -0.15) is 0 Å². The molecule has 4 N–H and O–H groups in total. The van der Waals surface area contributed by atoms with E-state index in [1.165, 1.54) is 11.8 Å². The third kappa shape index (κ3) is 2.12. The molecule has 4 nitrogen and oxygen atoms in total. The Labute approximate surface area is 91.8 Å². The zero-order valence-corrected chi connectivity index (χ0v) is 9.14. The van der Waals surface area contributed by atoms with Crippen LogP contribution in [0.4, 0.5) is 0 Å². The number of imidazole rings is 1. The highest BCUT2D eigenvalue weighted by Crippen LogP contribution is 2.22. The van der Waals surface area contributed by atoms with Crippen LogP contribution in [-0.2, 0) is 0 Å². The Hall–Kier alpha value is -1.49. The predicted molar refractivity (Wildman–Crippen MR) is 63.3 cm³/mol. The van der Waals surface area contributed by atoms with Crippen LogP contribution in [0, 0.1) is 5.41 Å². The summed E-state index contributed by atoms with van der Waals surface area (Å²) < 4.78 is 0. The highest BCUT2D eigenvalue weighted by molar-refractivity contribution is 8.00. The van der Waals surface area contributed by atoms with Gasteiger partial charge < -0.3 is 10.7 Å². The van der Waals surface area contributed by atoms with Gasteiger partial charge in [-0.15, -0.1) is 0 Å². The fraction of sp³-hybridized carbons (Fsp3) is 0.200. The molecule has 1 atom stereocenters. The molecule has 0 amide bonds. The van der Waals surface area contributed by atoms with E-state index >= 15 is 0 Å². The Morgan fingerprint density at radius 1 is 1.53 bits per heavy atom. The predicted octanol–water partition coefficient (Wildman–Crippen LogP) is 1.98. The summed E-state index contributed by atoms with van der Waals surface area (Å²) in [5, 5.41) is 8.05. The van der Waals surface area contributed by atoms with Gasteiger partial charge in [0.2, 0.25) is 0 Å². The topological polar surface area (TPSA) is 78.5 Å². The molecule has 1 heterocycles. The first-order valence-electron chi connectivity index (χ1n) is 4.62. The van der Waals surface area contributed by atoms with E-state index in [0.29, 0.717) is 0 Å². The summed E-state index contributed by atoms with van der Waals surface area (Å²) in [6.45, 7) is 1.89. The Morgan fingerprint density at radius 3 is 2.93 bits per heavy atom. The zero-order chi connectivity index (χ0) is 10.8. The van der Waals surface area contributed by atoms with Crippen LogP contribution in [0.5, 0.6) is 0 Å². The van der Waals surface area contributed by atoms with Crippen molar-refractivity contribution in [3.05, 3.63) is 24.3 Å². The molecule has 5 heteroatoms. The monoisotopic (exact) mass is 220 g/mol. The first-order chi connectivity index (χ1) is 7.16. The van der Waals surface area contributed by atoms with E-state index in [4.69, 9.17) is 11.1 Å². The number of aromatic nitrogens is 2. The van der Waals surface area contributed by atoms with E-state index in [1.54, 1.807) is 0 Å². The van der Waals surface area contributed by atoms with E-state index in [9.17, 15) is 0 Å². The average Bonchev–Trinajstić information content (AvgIpc) is 2.59. The quantitative estimate of drug-likeness (QED) is 0.420. The van der Waals surface area contributed by atoms with Crippen LogP contribution in [0.15, 0.2) is 29.4 Å². The van der Waals surface area contributed by atoms with Crippen LogP contribution in [0.2, 0.25) is 0 Å². The molecule has 1 aromatic heterocycles. The number of benzene rings is 1. The molecular weight excluding hydrogens is 208 g/mol. The van der Waals surface area contributed by atoms with Crippen LogP contribution < -0.4 is 5.73 Å². The minimum absolute atomic E-state index is 0.0504. The van der Waals surface area contributed by atoms with Gasteiger partial charge in [-0.05, 0) is 19.1 Å². The molecule has 0 aliphatic carbocycles. The second-order valence-electron chi connectivity index (χ2n) is 3.27. The maximum atomic E-state index is 7.30.